The van der Waals surface area contributed by atoms with E-state index in [0.717, 1.165) is 0 Å². The van der Waals surface area contributed by atoms with Crippen molar-refractivity contribution in [3.8, 4) is 0 Å². The van der Waals surface area contributed by atoms with E-state index in [1.165, 1.54) is 12.1 Å². The molecule has 5 nitrogen and oxygen atoms in total. The summed E-state index contributed by atoms with van der Waals surface area (Å²) in [5.74, 6) is -0.217. The molecular formula is C12H15FN4O. The van der Waals surface area contributed by atoms with Crippen molar-refractivity contribution in [1.29, 1.82) is 0 Å². The maximum atomic E-state index is 13.1. The molecule has 0 bridgehead atoms. The van der Waals surface area contributed by atoms with Crippen molar-refractivity contribution in [2.24, 2.45) is 0 Å². The molecule has 0 saturated heterocycles. The van der Waals surface area contributed by atoms with Gasteiger partial charge >= 0.3 is 0 Å². The van der Waals surface area contributed by atoms with Crippen molar-refractivity contribution in [3.05, 3.63) is 24.0 Å². The highest BCUT2D eigenvalue weighted by atomic mass is 19.1. The number of hydrogen-bond donors (Lipinski definition) is 1. The fourth-order valence-electron chi connectivity index (χ4n) is 1.72. The molecule has 1 aromatic carbocycles. The molecule has 2 aromatic rings. The Bertz CT molecular complexity index is 593. The van der Waals surface area contributed by atoms with E-state index in [0.29, 0.717) is 17.6 Å². The van der Waals surface area contributed by atoms with Crippen LogP contribution in [-0.4, -0.2) is 34.0 Å². The number of benzene rings is 1. The van der Waals surface area contributed by atoms with Crippen LogP contribution < -0.4 is 5.73 Å². The van der Waals surface area contributed by atoms with Crippen molar-refractivity contribution < 1.29 is 9.18 Å². The number of fused-ring (bicyclic) bond motifs is 1. The average Bonchev–Trinajstić information content (AvgIpc) is 2.64. The Kier molecular flexibility index (Phi) is 3.18. The van der Waals surface area contributed by atoms with Crippen molar-refractivity contribution in [3.63, 3.8) is 0 Å². The highest BCUT2D eigenvalue weighted by molar-refractivity contribution is 5.82. The summed E-state index contributed by atoms with van der Waals surface area (Å²) in [6.07, 6.45) is 0. The molecular weight excluding hydrogens is 235 g/mol. The number of hydrogen-bond acceptors (Lipinski definition) is 3. The first-order valence-corrected chi connectivity index (χ1v) is 5.68. The van der Waals surface area contributed by atoms with Crippen LogP contribution in [0.15, 0.2) is 18.2 Å². The van der Waals surface area contributed by atoms with E-state index < -0.39 is 0 Å². The van der Waals surface area contributed by atoms with Gasteiger partial charge in [-0.25, -0.2) is 9.37 Å². The van der Waals surface area contributed by atoms with Gasteiger partial charge in [-0.15, -0.1) is 0 Å². The zero-order valence-corrected chi connectivity index (χ0v) is 10.4. The number of carbonyl (C=O) groups is 1. The summed E-state index contributed by atoms with van der Waals surface area (Å²) in [5.41, 5.74) is 6.87. The first kappa shape index (κ1) is 12.3. The third kappa shape index (κ3) is 2.13. The Morgan fingerprint density at radius 2 is 2.28 bits per heavy atom. The number of nitrogens with zero attached hydrogens (tertiary/aromatic N) is 3. The Labute approximate surface area is 104 Å². The fourth-order valence-corrected chi connectivity index (χ4v) is 1.72. The second-order valence-corrected chi connectivity index (χ2v) is 4.10. The van der Waals surface area contributed by atoms with Crippen LogP contribution in [-0.2, 0) is 11.3 Å². The lowest BCUT2D eigenvalue weighted by Crippen LogP contribution is -2.30. The summed E-state index contributed by atoms with van der Waals surface area (Å²) in [5, 5.41) is 0. The smallest absolute Gasteiger partial charge is 0.242 e. The lowest BCUT2D eigenvalue weighted by Gasteiger charge is -2.15. The van der Waals surface area contributed by atoms with Crippen molar-refractivity contribution in [1.82, 2.24) is 14.5 Å². The molecule has 0 aliphatic carbocycles. The van der Waals surface area contributed by atoms with Gasteiger partial charge in [0.05, 0.1) is 11.0 Å². The van der Waals surface area contributed by atoms with Crippen molar-refractivity contribution >= 4 is 22.9 Å². The van der Waals surface area contributed by atoms with Gasteiger partial charge in [-0.3, -0.25) is 4.79 Å². The SMILES string of the molecule is CCN(C)C(=O)Cn1c(N)nc2cc(F)ccc21. The number of amides is 1. The minimum Gasteiger partial charge on any atom is -0.369 e. The lowest BCUT2D eigenvalue weighted by molar-refractivity contribution is -0.130. The lowest BCUT2D eigenvalue weighted by atomic mass is 10.3. The second-order valence-electron chi connectivity index (χ2n) is 4.10. The minimum absolute atomic E-state index is 0.0622. The molecule has 0 radical (unpaired) electrons. The Morgan fingerprint density at radius 3 is 2.94 bits per heavy atom. The predicted molar refractivity (Wildman–Crippen MR) is 67.4 cm³/mol. The van der Waals surface area contributed by atoms with Gasteiger partial charge in [0.25, 0.3) is 0 Å². The van der Waals surface area contributed by atoms with Crippen LogP contribution in [0.4, 0.5) is 10.3 Å². The van der Waals surface area contributed by atoms with E-state index in [1.807, 2.05) is 6.92 Å². The van der Waals surface area contributed by atoms with E-state index in [-0.39, 0.29) is 24.2 Å². The molecule has 0 unspecified atom stereocenters. The highest BCUT2D eigenvalue weighted by Crippen LogP contribution is 2.18. The number of carbonyl (C=O) groups excluding carboxylic acids is 1. The standard InChI is InChI=1S/C12H15FN4O/c1-3-16(2)11(18)7-17-10-5-4-8(13)6-9(10)15-12(17)14/h4-6H,3,7H2,1-2H3,(H2,14,15). The molecule has 18 heavy (non-hydrogen) atoms. The Morgan fingerprint density at radius 1 is 1.56 bits per heavy atom. The molecule has 1 heterocycles. The number of rotatable bonds is 3. The summed E-state index contributed by atoms with van der Waals surface area (Å²) >= 11 is 0. The van der Waals surface area contributed by atoms with Crippen molar-refractivity contribution in [2.45, 2.75) is 13.5 Å². The van der Waals surface area contributed by atoms with Crippen LogP contribution >= 0.6 is 0 Å². The molecule has 96 valence electrons. The zero-order valence-electron chi connectivity index (χ0n) is 10.4. The van der Waals surface area contributed by atoms with Crippen LogP contribution in [0.1, 0.15) is 6.92 Å². The van der Waals surface area contributed by atoms with Gasteiger partial charge in [-0.1, -0.05) is 0 Å². The quantitative estimate of drug-likeness (QED) is 0.891. The van der Waals surface area contributed by atoms with Gasteiger partial charge in [-0.05, 0) is 19.1 Å². The Balaban J connectivity index is 2.39. The molecule has 6 heteroatoms. The molecule has 0 atom stereocenters. The molecule has 2 N–H and O–H groups in total. The van der Waals surface area contributed by atoms with E-state index in [2.05, 4.69) is 4.98 Å². The zero-order chi connectivity index (χ0) is 13.3. The van der Waals surface area contributed by atoms with Gasteiger partial charge in [0.2, 0.25) is 11.9 Å². The minimum atomic E-state index is -0.371. The summed E-state index contributed by atoms with van der Waals surface area (Å²) in [4.78, 5) is 17.5. The number of halogens is 1. The number of nitrogens with two attached hydrogens (primary N) is 1. The van der Waals surface area contributed by atoms with Gasteiger partial charge in [0.15, 0.2) is 0 Å². The number of aromatic nitrogens is 2. The first-order valence-electron chi connectivity index (χ1n) is 5.68. The van der Waals surface area contributed by atoms with Crippen LogP contribution in [0.3, 0.4) is 0 Å². The molecule has 1 amide bonds. The van der Waals surface area contributed by atoms with Crippen LogP contribution in [0.25, 0.3) is 11.0 Å². The van der Waals surface area contributed by atoms with Crippen LogP contribution in [0.2, 0.25) is 0 Å². The predicted octanol–water partition coefficient (Wildman–Crippen LogP) is 1.24. The molecule has 1 aromatic heterocycles. The van der Waals surface area contributed by atoms with E-state index in [1.54, 1.807) is 22.6 Å². The molecule has 0 aliphatic rings. The highest BCUT2D eigenvalue weighted by Gasteiger charge is 2.14. The fraction of sp³-hybridized carbons (Fsp3) is 0.333. The number of imidazole rings is 1. The number of anilines is 1. The molecule has 2 rings (SSSR count). The summed E-state index contributed by atoms with van der Waals surface area (Å²) in [7, 11) is 1.72. The molecule has 0 fully saturated rings. The van der Waals surface area contributed by atoms with E-state index in [9.17, 15) is 9.18 Å². The number of nitrogen functional groups attached to an aromatic ring is 1. The van der Waals surface area contributed by atoms with Crippen LogP contribution in [0.5, 0.6) is 0 Å². The third-order valence-electron chi connectivity index (χ3n) is 2.93. The molecule has 0 saturated carbocycles. The largest absolute Gasteiger partial charge is 0.369 e. The average molecular weight is 250 g/mol. The summed E-state index contributed by atoms with van der Waals surface area (Å²) < 4.78 is 14.6. The molecule has 0 spiro atoms. The van der Waals surface area contributed by atoms with Crippen molar-refractivity contribution in [2.75, 3.05) is 19.3 Å². The maximum absolute atomic E-state index is 13.1. The topological polar surface area (TPSA) is 64.2 Å². The normalized spacial score (nSPS) is 10.8. The van der Waals surface area contributed by atoms with Gasteiger partial charge in [-0.2, -0.15) is 0 Å². The Hall–Kier alpha value is -2.11. The maximum Gasteiger partial charge on any atom is 0.242 e. The monoisotopic (exact) mass is 250 g/mol. The van der Waals surface area contributed by atoms with Crippen LogP contribution in [0, 0.1) is 5.82 Å². The molecule has 0 aliphatic heterocycles. The summed E-state index contributed by atoms with van der Waals surface area (Å²) in [6.45, 7) is 2.63. The third-order valence-corrected chi connectivity index (χ3v) is 2.93. The van der Waals surface area contributed by atoms with E-state index in [4.69, 9.17) is 5.73 Å². The van der Waals surface area contributed by atoms with Gasteiger partial charge in [0.1, 0.15) is 12.4 Å². The second kappa shape index (κ2) is 4.64. The van der Waals surface area contributed by atoms with E-state index >= 15 is 0 Å². The van der Waals surface area contributed by atoms with Gasteiger partial charge < -0.3 is 15.2 Å². The summed E-state index contributed by atoms with van der Waals surface area (Å²) in [6, 6.07) is 4.21. The number of likely N-dealkylation sites (N-methyl/N-ethyl adjacent to an activating group) is 1. The van der Waals surface area contributed by atoms with Gasteiger partial charge in [0, 0.05) is 19.7 Å². The first-order chi connectivity index (χ1) is 8.52.